The summed E-state index contributed by atoms with van der Waals surface area (Å²) in [6, 6.07) is 10.9. The average Bonchev–Trinajstić information content (AvgIpc) is 3.16. The number of hydrogen-bond acceptors (Lipinski definition) is 7. The van der Waals surface area contributed by atoms with E-state index in [0.717, 1.165) is 5.56 Å². The van der Waals surface area contributed by atoms with Crippen LogP contribution in [0.5, 0.6) is 5.75 Å². The van der Waals surface area contributed by atoms with Gasteiger partial charge in [0.1, 0.15) is 18.1 Å². The van der Waals surface area contributed by atoms with Crippen molar-refractivity contribution in [2.75, 3.05) is 19.7 Å². The minimum Gasteiger partial charge on any atom is -0.491 e. The molecule has 27 heavy (non-hydrogen) atoms. The number of pyridine rings is 1. The summed E-state index contributed by atoms with van der Waals surface area (Å²) in [6.45, 7) is 3.00. The molecule has 0 atom stereocenters. The number of amides is 1. The Hall–Kier alpha value is -3.26. The van der Waals surface area contributed by atoms with Crippen molar-refractivity contribution < 1.29 is 14.1 Å². The van der Waals surface area contributed by atoms with Crippen LogP contribution in [0, 0.1) is 6.92 Å². The van der Waals surface area contributed by atoms with E-state index in [-0.39, 0.29) is 5.91 Å². The lowest BCUT2D eigenvalue weighted by atomic mass is 10.1. The maximum atomic E-state index is 12.5. The third kappa shape index (κ3) is 4.89. The first-order valence-electron chi connectivity index (χ1n) is 8.63. The molecule has 3 aromatic rings. The fourth-order valence-corrected chi connectivity index (χ4v) is 2.45. The van der Waals surface area contributed by atoms with E-state index in [2.05, 4.69) is 20.4 Å². The van der Waals surface area contributed by atoms with Gasteiger partial charge in [-0.2, -0.15) is 4.98 Å². The van der Waals surface area contributed by atoms with Gasteiger partial charge in [-0.3, -0.25) is 9.78 Å². The number of nitrogens with one attached hydrogen (secondary N) is 1. The van der Waals surface area contributed by atoms with Gasteiger partial charge in [0.25, 0.3) is 5.91 Å². The summed E-state index contributed by atoms with van der Waals surface area (Å²) in [5.41, 5.74) is 7.55. The molecular formula is C19H21N5O3. The second kappa shape index (κ2) is 8.91. The maximum absolute atomic E-state index is 12.5. The molecule has 2 heterocycles. The van der Waals surface area contributed by atoms with E-state index < -0.39 is 0 Å². The Kier molecular flexibility index (Phi) is 6.11. The summed E-state index contributed by atoms with van der Waals surface area (Å²) in [5, 5.41) is 6.76. The molecule has 0 saturated heterocycles. The molecule has 0 aliphatic heterocycles. The zero-order valence-electron chi connectivity index (χ0n) is 15.0. The van der Waals surface area contributed by atoms with Crippen LogP contribution in [-0.4, -0.2) is 40.7 Å². The number of aromatic nitrogens is 3. The highest BCUT2D eigenvalue weighted by molar-refractivity contribution is 5.97. The highest BCUT2D eigenvalue weighted by Crippen LogP contribution is 2.20. The minimum absolute atomic E-state index is 0.227. The van der Waals surface area contributed by atoms with Gasteiger partial charge in [-0.05, 0) is 31.2 Å². The van der Waals surface area contributed by atoms with E-state index in [1.165, 1.54) is 0 Å². The molecule has 8 heteroatoms. The molecule has 0 bridgehead atoms. The summed E-state index contributed by atoms with van der Waals surface area (Å²) >= 11 is 0. The Morgan fingerprint density at radius 2 is 2.19 bits per heavy atom. The van der Waals surface area contributed by atoms with Crippen molar-refractivity contribution in [3.63, 3.8) is 0 Å². The molecule has 2 aromatic heterocycles. The van der Waals surface area contributed by atoms with E-state index in [0.29, 0.717) is 54.8 Å². The lowest BCUT2D eigenvalue weighted by Gasteiger charge is -2.11. The van der Waals surface area contributed by atoms with E-state index in [9.17, 15) is 4.79 Å². The predicted molar refractivity (Wildman–Crippen MR) is 99.3 cm³/mol. The largest absolute Gasteiger partial charge is 0.491 e. The van der Waals surface area contributed by atoms with Crippen molar-refractivity contribution in [1.29, 1.82) is 0 Å². The smallest absolute Gasteiger partial charge is 0.255 e. The lowest BCUT2D eigenvalue weighted by Crippen LogP contribution is -2.26. The van der Waals surface area contributed by atoms with Crippen molar-refractivity contribution in [3.8, 4) is 17.3 Å². The van der Waals surface area contributed by atoms with Crippen LogP contribution < -0.4 is 15.8 Å². The Morgan fingerprint density at radius 3 is 2.96 bits per heavy atom. The molecule has 1 amide bonds. The normalized spacial score (nSPS) is 10.6. The molecule has 1 aromatic carbocycles. The first-order valence-corrected chi connectivity index (χ1v) is 8.63. The first kappa shape index (κ1) is 18.5. The molecule has 0 fully saturated rings. The summed E-state index contributed by atoms with van der Waals surface area (Å²) in [6.07, 6.45) is 2.08. The van der Waals surface area contributed by atoms with Crippen molar-refractivity contribution in [3.05, 3.63) is 59.6 Å². The third-order valence-electron chi connectivity index (χ3n) is 3.74. The van der Waals surface area contributed by atoms with E-state index >= 15 is 0 Å². The number of carbonyl (C=O) groups is 1. The Morgan fingerprint density at radius 1 is 1.30 bits per heavy atom. The van der Waals surface area contributed by atoms with Gasteiger partial charge in [-0.15, -0.1) is 0 Å². The highest BCUT2D eigenvalue weighted by Gasteiger charge is 2.14. The van der Waals surface area contributed by atoms with E-state index in [1.807, 2.05) is 25.1 Å². The summed E-state index contributed by atoms with van der Waals surface area (Å²) in [5.74, 6) is 1.14. The van der Waals surface area contributed by atoms with Gasteiger partial charge in [-0.1, -0.05) is 22.9 Å². The molecule has 8 nitrogen and oxygen atoms in total. The standard InChI is InChI=1S/C19H21N5O3/c1-13-5-6-16(26-11-8-20)14(12-13)19(25)22-10-7-17-23-18(24-27-17)15-4-2-3-9-21-15/h2-6,9,12H,7-8,10-11,20H2,1H3,(H,22,25). The molecule has 3 rings (SSSR count). The third-order valence-corrected chi connectivity index (χ3v) is 3.74. The summed E-state index contributed by atoms with van der Waals surface area (Å²) in [7, 11) is 0. The number of rotatable bonds is 8. The van der Waals surface area contributed by atoms with Crippen LogP contribution in [0.4, 0.5) is 0 Å². The molecular weight excluding hydrogens is 346 g/mol. The quantitative estimate of drug-likeness (QED) is 0.623. The van der Waals surface area contributed by atoms with Crippen molar-refractivity contribution in [1.82, 2.24) is 20.4 Å². The zero-order chi connectivity index (χ0) is 19.1. The second-order valence-electron chi connectivity index (χ2n) is 5.87. The van der Waals surface area contributed by atoms with Crippen LogP contribution >= 0.6 is 0 Å². The highest BCUT2D eigenvalue weighted by atomic mass is 16.5. The maximum Gasteiger partial charge on any atom is 0.255 e. The first-order chi connectivity index (χ1) is 13.2. The van der Waals surface area contributed by atoms with Crippen molar-refractivity contribution in [2.24, 2.45) is 5.73 Å². The average molecular weight is 367 g/mol. The van der Waals surface area contributed by atoms with E-state index in [4.69, 9.17) is 15.0 Å². The van der Waals surface area contributed by atoms with Crippen molar-refractivity contribution >= 4 is 5.91 Å². The summed E-state index contributed by atoms with van der Waals surface area (Å²) in [4.78, 5) is 21.0. The number of aryl methyl sites for hydroxylation is 1. The second-order valence-corrected chi connectivity index (χ2v) is 5.87. The molecule has 3 N–H and O–H groups in total. The zero-order valence-corrected chi connectivity index (χ0v) is 15.0. The fraction of sp³-hybridized carbons (Fsp3) is 0.263. The van der Waals surface area contributed by atoms with Gasteiger partial charge in [0, 0.05) is 25.7 Å². The Labute approximate surface area is 156 Å². The van der Waals surface area contributed by atoms with Crippen LogP contribution in [-0.2, 0) is 6.42 Å². The fourth-order valence-electron chi connectivity index (χ4n) is 2.45. The topological polar surface area (TPSA) is 116 Å². The molecule has 0 aliphatic carbocycles. The van der Waals surface area contributed by atoms with Crippen LogP contribution in [0.2, 0.25) is 0 Å². The minimum atomic E-state index is -0.227. The number of carbonyl (C=O) groups excluding carboxylic acids is 1. The predicted octanol–water partition coefficient (Wildman–Crippen LogP) is 1.75. The molecule has 0 saturated carbocycles. The lowest BCUT2D eigenvalue weighted by molar-refractivity contribution is 0.0949. The summed E-state index contributed by atoms with van der Waals surface area (Å²) < 4.78 is 10.8. The molecule has 0 aliphatic rings. The van der Waals surface area contributed by atoms with Crippen molar-refractivity contribution in [2.45, 2.75) is 13.3 Å². The van der Waals surface area contributed by atoms with Gasteiger partial charge in [0.2, 0.25) is 11.7 Å². The van der Waals surface area contributed by atoms with Gasteiger partial charge >= 0.3 is 0 Å². The van der Waals surface area contributed by atoms with Gasteiger partial charge < -0.3 is 20.3 Å². The van der Waals surface area contributed by atoms with E-state index in [1.54, 1.807) is 24.4 Å². The number of ether oxygens (including phenoxy) is 1. The molecule has 0 radical (unpaired) electrons. The number of hydrogen-bond donors (Lipinski definition) is 2. The van der Waals surface area contributed by atoms with Gasteiger partial charge in [0.05, 0.1) is 5.56 Å². The monoisotopic (exact) mass is 367 g/mol. The number of nitrogens with two attached hydrogens (primary N) is 1. The molecule has 140 valence electrons. The van der Waals surface area contributed by atoms with Gasteiger partial charge in [-0.25, -0.2) is 0 Å². The van der Waals surface area contributed by atoms with Crippen LogP contribution in [0.1, 0.15) is 21.8 Å². The number of nitrogens with zero attached hydrogens (tertiary/aromatic N) is 3. The Balaban J connectivity index is 1.59. The SMILES string of the molecule is Cc1ccc(OCCN)c(C(=O)NCCc2nc(-c3ccccn3)no2)c1. The van der Waals surface area contributed by atoms with Crippen LogP contribution in [0.3, 0.4) is 0 Å². The number of benzene rings is 1. The van der Waals surface area contributed by atoms with Crippen LogP contribution in [0.25, 0.3) is 11.5 Å². The Bertz CT molecular complexity index is 895. The van der Waals surface area contributed by atoms with Gasteiger partial charge in [0.15, 0.2) is 0 Å². The molecule has 0 spiro atoms. The van der Waals surface area contributed by atoms with Crippen LogP contribution in [0.15, 0.2) is 47.1 Å². The molecule has 0 unspecified atom stereocenters.